The molecule has 5 nitrogen and oxygen atoms in total. The summed E-state index contributed by atoms with van der Waals surface area (Å²) < 4.78 is 0. The van der Waals surface area contributed by atoms with Crippen molar-refractivity contribution < 1.29 is 9.90 Å². The lowest BCUT2D eigenvalue weighted by Gasteiger charge is -2.32. The molecule has 0 saturated carbocycles. The second-order valence-electron chi connectivity index (χ2n) is 6.58. The Morgan fingerprint density at radius 1 is 1.33 bits per heavy atom. The van der Waals surface area contributed by atoms with E-state index in [9.17, 15) is 15.2 Å². The molecule has 1 fully saturated rings. The molecule has 1 amide bonds. The van der Waals surface area contributed by atoms with Gasteiger partial charge >= 0.3 is 0 Å². The van der Waals surface area contributed by atoms with Crippen LogP contribution in [-0.2, 0) is 4.79 Å². The molecule has 1 heterocycles. The summed E-state index contributed by atoms with van der Waals surface area (Å²) in [4.78, 5) is 14.2. The van der Waals surface area contributed by atoms with Gasteiger partial charge in [-0.15, -0.1) is 0 Å². The van der Waals surface area contributed by atoms with E-state index in [-0.39, 0.29) is 12.0 Å². The van der Waals surface area contributed by atoms with E-state index in [1.807, 2.05) is 12.1 Å². The minimum atomic E-state index is -0.241. The molecule has 0 aromatic heterocycles. The first-order valence-corrected chi connectivity index (χ1v) is 8.59. The van der Waals surface area contributed by atoms with Gasteiger partial charge in [0.25, 0.3) is 0 Å². The van der Waals surface area contributed by atoms with Crippen LogP contribution in [0.1, 0.15) is 37.7 Å². The van der Waals surface area contributed by atoms with Crippen molar-refractivity contribution >= 4 is 17.3 Å². The third-order valence-corrected chi connectivity index (χ3v) is 4.77. The van der Waals surface area contributed by atoms with Crippen LogP contribution in [0.4, 0.5) is 11.4 Å². The largest absolute Gasteiger partial charge is 0.393 e. The molecule has 3 rings (SSSR count). The van der Waals surface area contributed by atoms with Crippen molar-refractivity contribution in [3.05, 3.63) is 35.9 Å². The van der Waals surface area contributed by atoms with Gasteiger partial charge in [0, 0.05) is 25.2 Å². The zero-order chi connectivity index (χ0) is 16.9. The van der Waals surface area contributed by atoms with Crippen LogP contribution in [0.25, 0.3) is 0 Å². The molecule has 0 radical (unpaired) electrons. The highest BCUT2D eigenvalue weighted by atomic mass is 16.3. The fourth-order valence-corrected chi connectivity index (χ4v) is 3.40. The molecular formula is C19H23N3O2. The summed E-state index contributed by atoms with van der Waals surface area (Å²) in [5, 5.41) is 22.0. The van der Waals surface area contributed by atoms with Crippen LogP contribution in [0, 0.1) is 17.2 Å². The van der Waals surface area contributed by atoms with Crippen LogP contribution < -0.4 is 10.2 Å². The highest BCUT2D eigenvalue weighted by Gasteiger charge is 2.20. The predicted molar refractivity (Wildman–Crippen MR) is 93.7 cm³/mol. The van der Waals surface area contributed by atoms with Gasteiger partial charge in [-0.1, -0.05) is 12.2 Å². The van der Waals surface area contributed by atoms with E-state index in [4.69, 9.17) is 0 Å². The van der Waals surface area contributed by atoms with E-state index in [0.29, 0.717) is 23.6 Å². The molecule has 2 N–H and O–H groups in total. The fourth-order valence-electron chi connectivity index (χ4n) is 3.40. The van der Waals surface area contributed by atoms with Gasteiger partial charge in [-0.3, -0.25) is 4.79 Å². The molecule has 24 heavy (non-hydrogen) atoms. The number of nitrogens with one attached hydrogen (secondary N) is 1. The highest BCUT2D eigenvalue weighted by molar-refractivity contribution is 5.91. The molecule has 1 atom stereocenters. The number of hydrogen-bond acceptors (Lipinski definition) is 4. The Morgan fingerprint density at radius 3 is 2.79 bits per heavy atom. The quantitative estimate of drug-likeness (QED) is 0.835. The summed E-state index contributed by atoms with van der Waals surface area (Å²) >= 11 is 0. The van der Waals surface area contributed by atoms with Crippen LogP contribution in [0.5, 0.6) is 0 Å². The topological polar surface area (TPSA) is 76.4 Å². The number of aliphatic hydroxyl groups is 1. The first-order chi connectivity index (χ1) is 11.7. The number of piperidine rings is 1. The van der Waals surface area contributed by atoms with E-state index >= 15 is 0 Å². The average Bonchev–Trinajstić information content (AvgIpc) is 3.08. The van der Waals surface area contributed by atoms with Crippen LogP contribution in [0.3, 0.4) is 0 Å². The van der Waals surface area contributed by atoms with Gasteiger partial charge in [0.1, 0.15) is 6.07 Å². The zero-order valence-electron chi connectivity index (χ0n) is 13.7. The normalized spacial score (nSPS) is 20.8. The maximum absolute atomic E-state index is 12.1. The number of rotatable bonds is 4. The van der Waals surface area contributed by atoms with Crippen molar-refractivity contribution in [1.82, 2.24) is 0 Å². The molecule has 0 bridgehead atoms. The number of amides is 1. The third-order valence-electron chi connectivity index (χ3n) is 4.77. The first-order valence-electron chi connectivity index (χ1n) is 8.59. The Hall–Kier alpha value is -2.32. The van der Waals surface area contributed by atoms with E-state index in [0.717, 1.165) is 44.5 Å². The standard InChI is InChI=1S/C19H23N3O2/c20-13-15-12-16(21-19(24)11-14-3-1-2-4-14)5-6-18(15)22-9-7-17(23)8-10-22/h1,3,5-6,12,14,17,23H,2,4,7-11H2,(H,21,24)/t14-/m0/s1. The predicted octanol–water partition coefficient (Wildman–Crippen LogP) is 2.81. The minimum absolute atomic E-state index is 0.00992. The number of benzene rings is 1. The van der Waals surface area contributed by atoms with Crippen molar-refractivity contribution in [2.24, 2.45) is 5.92 Å². The van der Waals surface area contributed by atoms with Crippen LogP contribution in [0.15, 0.2) is 30.4 Å². The van der Waals surface area contributed by atoms with Crippen LogP contribution in [0.2, 0.25) is 0 Å². The van der Waals surface area contributed by atoms with E-state index in [1.165, 1.54) is 0 Å². The smallest absolute Gasteiger partial charge is 0.224 e. The summed E-state index contributed by atoms with van der Waals surface area (Å²) in [5.74, 6) is 0.323. The number of hydrogen-bond donors (Lipinski definition) is 2. The van der Waals surface area contributed by atoms with Gasteiger partial charge in [0.2, 0.25) is 5.91 Å². The SMILES string of the molecule is N#Cc1cc(NC(=O)C[C@H]2C=CCC2)ccc1N1CCC(O)CC1. The number of aliphatic hydroxyl groups excluding tert-OH is 1. The van der Waals surface area contributed by atoms with E-state index in [1.54, 1.807) is 6.07 Å². The summed E-state index contributed by atoms with van der Waals surface area (Å²) in [5.41, 5.74) is 2.10. The minimum Gasteiger partial charge on any atom is -0.393 e. The molecular weight excluding hydrogens is 302 g/mol. The molecule has 1 aliphatic heterocycles. The highest BCUT2D eigenvalue weighted by Crippen LogP contribution is 2.27. The van der Waals surface area contributed by atoms with Gasteiger partial charge < -0.3 is 15.3 Å². The van der Waals surface area contributed by atoms with E-state index in [2.05, 4.69) is 28.4 Å². The maximum atomic E-state index is 12.1. The second-order valence-corrected chi connectivity index (χ2v) is 6.58. The Balaban J connectivity index is 1.66. The summed E-state index contributed by atoms with van der Waals surface area (Å²) in [6.45, 7) is 1.49. The van der Waals surface area contributed by atoms with Gasteiger partial charge in [-0.2, -0.15) is 5.26 Å². The van der Waals surface area contributed by atoms with Crippen LogP contribution >= 0.6 is 0 Å². The van der Waals surface area contributed by atoms with Crippen molar-refractivity contribution in [2.75, 3.05) is 23.3 Å². The molecule has 1 aromatic carbocycles. The Bertz CT molecular complexity index is 670. The number of carbonyl (C=O) groups excluding carboxylic acids is 1. The third kappa shape index (κ3) is 3.95. The van der Waals surface area contributed by atoms with Crippen molar-refractivity contribution in [1.29, 1.82) is 5.26 Å². The molecule has 1 saturated heterocycles. The lowest BCUT2D eigenvalue weighted by atomic mass is 10.0. The monoisotopic (exact) mass is 325 g/mol. The number of allylic oxidation sites excluding steroid dienone is 2. The molecule has 0 spiro atoms. The molecule has 0 unspecified atom stereocenters. The molecule has 5 heteroatoms. The van der Waals surface area contributed by atoms with Crippen molar-refractivity contribution in [3.8, 4) is 6.07 Å². The van der Waals surface area contributed by atoms with Crippen molar-refractivity contribution in [3.63, 3.8) is 0 Å². The lowest BCUT2D eigenvalue weighted by molar-refractivity contribution is -0.116. The van der Waals surface area contributed by atoms with Crippen LogP contribution in [-0.4, -0.2) is 30.2 Å². The molecule has 126 valence electrons. The molecule has 1 aliphatic carbocycles. The number of nitriles is 1. The zero-order valence-corrected chi connectivity index (χ0v) is 13.7. The summed E-state index contributed by atoms with van der Waals surface area (Å²) in [6.07, 6.45) is 8.01. The number of anilines is 2. The average molecular weight is 325 g/mol. The Morgan fingerprint density at radius 2 is 2.12 bits per heavy atom. The van der Waals surface area contributed by atoms with Crippen molar-refractivity contribution in [2.45, 2.75) is 38.2 Å². The maximum Gasteiger partial charge on any atom is 0.224 e. The molecule has 1 aromatic rings. The second kappa shape index (κ2) is 7.50. The Kier molecular flexibility index (Phi) is 5.17. The fraction of sp³-hybridized carbons (Fsp3) is 0.474. The van der Waals surface area contributed by atoms with Gasteiger partial charge in [0.15, 0.2) is 0 Å². The Labute approximate surface area is 142 Å². The lowest BCUT2D eigenvalue weighted by Crippen LogP contribution is -2.36. The first kappa shape index (κ1) is 16.5. The number of nitrogens with zero attached hydrogens (tertiary/aromatic N) is 2. The summed E-state index contributed by atoms with van der Waals surface area (Å²) in [7, 11) is 0. The number of carbonyl (C=O) groups is 1. The van der Waals surface area contributed by atoms with Gasteiger partial charge in [0.05, 0.1) is 17.4 Å². The molecule has 2 aliphatic rings. The van der Waals surface area contributed by atoms with Gasteiger partial charge in [-0.05, 0) is 49.8 Å². The van der Waals surface area contributed by atoms with Gasteiger partial charge in [-0.25, -0.2) is 0 Å². The summed E-state index contributed by atoms with van der Waals surface area (Å²) in [6, 6.07) is 7.70. The van der Waals surface area contributed by atoms with E-state index < -0.39 is 0 Å².